The minimum Gasteiger partial charge on any atom is -0.490 e. The second-order valence-electron chi connectivity index (χ2n) is 8.47. The molecule has 5 rings (SSSR count). The van der Waals surface area contributed by atoms with Crippen LogP contribution in [0.5, 0.6) is 11.5 Å². The van der Waals surface area contributed by atoms with Crippen molar-refractivity contribution in [1.29, 1.82) is 0 Å². The molecule has 2 aromatic heterocycles. The molecule has 1 saturated heterocycles. The summed E-state index contributed by atoms with van der Waals surface area (Å²) in [6.45, 7) is 4.81. The van der Waals surface area contributed by atoms with E-state index in [1.807, 2.05) is 18.2 Å². The largest absolute Gasteiger partial charge is 0.490 e. The van der Waals surface area contributed by atoms with Crippen molar-refractivity contribution in [3.05, 3.63) is 50.4 Å². The van der Waals surface area contributed by atoms with E-state index in [0.29, 0.717) is 52.9 Å². The Kier molecular flexibility index (Phi) is 5.99. The van der Waals surface area contributed by atoms with E-state index in [1.54, 1.807) is 18.7 Å². The summed E-state index contributed by atoms with van der Waals surface area (Å²) < 4.78 is 16.9. The normalized spacial score (nSPS) is 17.6. The average molecular weight is 484 g/mol. The van der Waals surface area contributed by atoms with Crippen LogP contribution >= 0.6 is 11.3 Å². The Morgan fingerprint density at radius 1 is 1.21 bits per heavy atom. The van der Waals surface area contributed by atoms with Crippen LogP contribution in [0.4, 0.5) is 0 Å². The molecule has 3 aromatic rings. The number of aryl methyl sites for hydroxylation is 2. The number of carbonyl (C=O) groups excluding carboxylic acids is 2. The molecule has 1 atom stereocenters. The summed E-state index contributed by atoms with van der Waals surface area (Å²) in [4.78, 5) is 47.5. The van der Waals surface area contributed by atoms with Crippen molar-refractivity contribution in [3.63, 3.8) is 0 Å². The van der Waals surface area contributed by atoms with Gasteiger partial charge in [0.25, 0.3) is 11.5 Å². The van der Waals surface area contributed by atoms with Gasteiger partial charge in [-0.2, -0.15) is 0 Å². The Labute approximate surface area is 199 Å². The number of nitrogens with zero attached hydrogens (tertiary/aromatic N) is 2. The fourth-order valence-corrected chi connectivity index (χ4v) is 5.64. The standard InChI is InChI=1S/C24H25N3O6S/c1-13-20-22(29)25-14(2)26-23(20)34-21(13)24(30)33-12-19(28)27-8-3-5-16(27)15-6-7-17-18(11-15)32-10-4-9-31-17/h6-7,11,16H,3-5,8-10,12H2,1-2H3,(H,25,26,29)/t16-/m0/s1. The Morgan fingerprint density at radius 2 is 2.00 bits per heavy atom. The third-order valence-electron chi connectivity index (χ3n) is 6.16. The first-order valence-electron chi connectivity index (χ1n) is 11.3. The molecule has 0 radical (unpaired) electrons. The van der Waals surface area contributed by atoms with Gasteiger partial charge in [-0.25, -0.2) is 9.78 Å². The van der Waals surface area contributed by atoms with Crippen molar-refractivity contribution < 1.29 is 23.8 Å². The molecule has 2 aliphatic rings. The van der Waals surface area contributed by atoms with E-state index >= 15 is 0 Å². The first-order valence-corrected chi connectivity index (χ1v) is 12.1. The maximum Gasteiger partial charge on any atom is 0.349 e. The van der Waals surface area contributed by atoms with Gasteiger partial charge in [0.2, 0.25) is 0 Å². The van der Waals surface area contributed by atoms with Gasteiger partial charge >= 0.3 is 5.97 Å². The molecule has 0 spiro atoms. The summed E-state index contributed by atoms with van der Waals surface area (Å²) in [6.07, 6.45) is 2.51. The highest BCUT2D eigenvalue weighted by atomic mass is 32.1. The molecule has 178 valence electrons. The maximum absolute atomic E-state index is 13.0. The third-order valence-corrected chi connectivity index (χ3v) is 7.33. The van der Waals surface area contributed by atoms with Crippen LogP contribution < -0.4 is 15.0 Å². The van der Waals surface area contributed by atoms with Crippen molar-refractivity contribution in [2.24, 2.45) is 0 Å². The number of esters is 1. The Balaban J connectivity index is 1.29. The van der Waals surface area contributed by atoms with Crippen LogP contribution in [-0.4, -0.2) is 53.1 Å². The number of aromatic amines is 1. The summed E-state index contributed by atoms with van der Waals surface area (Å²) in [5.74, 6) is 1.00. The minimum absolute atomic E-state index is 0.111. The molecule has 9 nitrogen and oxygen atoms in total. The van der Waals surface area contributed by atoms with Crippen molar-refractivity contribution in [2.75, 3.05) is 26.4 Å². The zero-order chi connectivity index (χ0) is 23.8. The van der Waals surface area contributed by atoms with Crippen molar-refractivity contribution >= 4 is 33.4 Å². The van der Waals surface area contributed by atoms with E-state index in [4.69, 9.17) is 14.2 Å². The fraction of sp³-hybridized carbons (Fsp3) is 0.417. The number of fused-ring (bicyclic) bond motifs is 2. The molecule has 0 saturated carbocycles. The second-order valence-corrected chi connectivity index (χ2v) is 9.46. The SMILES string of the molecule is Cc1nc2sc(C(=O)OCC(=O)N3CCC[C@H]3c3ccc4c(c3)OCCCO4)c(C)c2c(=O)[nH]1. The lowest BCUT2D eigenvalue weighted by Crippen LogP contribution is -2.34. The predicted octanol–water partition coefficient (Wildman–Crippen LogP) is 3.28. The fourth-order valence-electron chi connectivity index (χ4n) is 4.52. The molecule has 4 heterocycles. The van der Waals surface area contributed by atoms with E-state index < -0.39 is 5.97 Å². The first kappa shape index (κ1) is 22.4. The Bertz CT molecular complexity index is 1330. The average Bonchev–Trinajstić information content (AvgIpc) is 3.35. The highest BCUT2D eigenvalue weighted by Gasteiger charge is 2.32. The summed E-state index contributed by atoms with van der Waals surface area (Å²) >= 11 is 1.10. The van der Waals surface area contributed by atoms with E-state index in [1.165, 1.54) is 0 Å². The predicted molar refractivity (Wildman–Crippen MR) is 126 cm³/mol. The number of thiophene rings is 1. The monoisotopic (exact) mass is 483 g/mol. The summed E-state index contributed by atoms with van der Waals surface area (Å²) in [5, 5.41) is 0.378. The summed E-state index contributed by atoms with van der Waals surface area (Å²) in [7, 11) is 0. The number of likely N-dealkylation sites (tertiary alicyclic amines) is 1. The van der Waals surface area contributed by atoms with Gasteiger partial charge in [0, 0.05) is 13.0 Å². The Morgan fingerprint density at radius 3 is 2.82 bits per heavy atom. The highest BCUT2D eigenvalue weighted by molar-refractivity contribution is 7.20. The summed E-state index contributed by atoms with van der Waals surface area (Å²) in [6, 6.07) is 5.68. The van der Waals surface area contributed by atoms with Crippen molar-refractivity contribution in [2.45, 2.75) is 39.2 Å². The Hall–Kier alpha value is -3.40. The number of rotatable bonds is 4. The van der Waals surface area contributed by atoms with Crippen molar-refractivity contribution in [3.8, 4) is 11.5 Å². The number of carbonyl (C=O) groups is 2. The lowest BCUT2D eigenvalue weighted by atomic mass is 10.0. The number of H-pyrrole nitrogens is 1. The molecule has 1 amide bonds. The summed E-state index contributed by atoms with van der Waals surface area (Å²) in [5.41, 5.74) is 1.20. The molecule has 1 fully saturated rings. The van der Waals surface area contributed by atoms with Crippen LogP contribution in [0.25, 0.3) is 10.2 Å². The minimum atomic E-state index is -0.628. The number of ether oxygens (including phenoxy) is 3. The molecule has 0 aliphatic carbocycles. The quantitative estimate of drug-likeness (QED) is 0.567. The number of aromatic nitrogens is 2. The molecular weight excluding hydrogens is 458 g/mol. The number of hydrogen-bond acceptors (Lipinski definition) is 8. The van der Waals surface area contributed by atoms with Crippen LogP contribution in [0, 0.1) is 13.8 Å². The van der Waals surface area contributed by atoms with E-state index in [2.05, 4.69) is 9.97 Å². The molecule has 1 aromatic carbocycles. The molecule has 2 aliphatic heterocycles. The van der Waals surface area contributed by atoms with Gasteiger partial charge in [-0.15, -0.1) is 11.3 Å². The first-order chi connectivity index (χ1) is 16.4. The molecule has 1 N–H and O–H groups in total. The van der Waals surface area contributed by atoms with Gasteiger partial charge in [0.1, 0.15) is 15.5 Å². The van der Waals surface area contributed by atoms with Gasteiger partial charge < -0.3 is 24.1 Å². The van der Waals surface area contributed by atoms with Crippen LogP contribution in [-0.2, 0) is 9.53 Å². The van der Waals surface area contributed by atoms with Gasteiger partial charge in [0.05, 0.1) is 24.6 Å². The van der Waals surface area contributed by atoms with Gasteiger partial charge in [-0.3, -0.25) is 9.59 Å². The van der Waals surface area contributed by atoms with Crippen LogP contribution in [0.3, 0.4) is 0 Å². The van der Waals surface area contributed by atoms with Gasteiger partial charge in [-0.1, -0.05) is 6.07 Å². The zero-order valence-corrected chi connectivity index (χ0v) is 19.8. The van der Waals surface area contributed by atoms with Crippen LogP contribution in [0.1, 0.15) is 51.9 Å². The molecule has 34 heavy (non-hydrogen) atoms. The van der Waals surface area contributed by atoms with E-state index in [9.17, 15) is 14.4 Å². The van der Waals surface area contributed by atoms with Crippen molar-refractivity contribution in [1.82, 2.24) is 14.9 Å². The number of benzene rings is 1. The maximum atomic E-state index is 13.0. The van der Waals surface area contributed by atoms with Gasteiger partial charge in [0.15, 0.2) is 18.1 Å². The second kappa shape index (κ2) is 9.09. The number of amides is 1. The number of hydrogen-bond donors (Lipinski definition) is 1. The number of nitrogens with one attached hydrogen (secondary N) is 1. The zero-order valence-electron chi connectivity index (χ0n) is 19.0. The van der Waals surface area contributed by atoms with Gasteiger partial charge in [-0.05, 0) is 49.9 Å². The molecule has 10 heteroatoms. The van der Waals surface area contributed by atoms with E-state index in [0.717, 1.165) is 36.2 Å². The van der Waals surface area contributed by atoms with Crippen LogP contribution in [0.2, 0.25) is 0 Å². The van der Waals surface area contributed by atoms with Crippen LogP contribution in [0.15, 0.2) is 23.0 Å². The third kappa shape index (κ3) is 4.13. The highest BCUT2D eigenvalue weighted by Crippen LogP contribution is 2.38. The molecular formula is C24H25N3O6S. The van der Waals surface area contributed by atoms with E-state index in [-0.39, 0.29) is 29.0 Å². The molecule has 0 unspecified atom stereocenters. The lowest BCUT2D eigenvalue weighted by Gasteiger charge is -2.25. The molecule has 0 bridgehead atoms. The lowest BCUT2D eigenvalue weighted by molar-refractivity contribution is -0.135. The smallest absolute Gasteiger partial charge is 0.349 e. The topological polar surface area (TPSA) is 111 Å².